The zero-order valence-electron chi connectivity index (χ0n) is 18.8. The van der Waals surface area contributed by atoms with Crippen molar-refractivity contribution in [3.8, 4) is 11.8 Å². The van der Waals surface area contributed by atoms with Gasteiger partial charge in [0.05, 0.1) is 19.2 Å². The van der Waals surface area contributed by atoms with Gasteiger partial charge in [-0.1, -0.05) is 12.1 Å². The van der Waals surface area contributed by atoms with E-state index in [9.17, 15) is 14.9 Å². The van der Waals surface area contributed by atoms with Gasteiger partial charge in [0.2, 0.25) is 5.91 Å². The summed E-state index contributed by atoms with van der Waals surface area (Å²) in [4.78, 5) is 31.9. The molecule has 2 N–H and O–H groups in total. The zero-order valence-corrected chi connectivity index (χ0v) is 19.7. The van der Waals surface area contributed by atoms with Gasteiger partial charge in [0, 0.05) is 36.8 Å². The minimum Gasteiger partial charge on any atom is -0.497 e. The van der Waals surface area contributed by atoms with Crippen molar-refractivity contribution >= 4 is 28.3 Å². The largest absolute Gasteiger partial charge is 0.497 e. The zero-order chi connectivity index (χ0) is 23.9. The monoisotopic (exact) mass is 475 g/mol. The number of methoxy groups -OCH3 is 1. The number of aromatic nitrogens is 1. The molecule has 0 saturated carbocycles. The van der Waals surface area contributed by atoms with Crippen LogP contribution in [0.4, 0.5) is 9.80 Å². The van der Waals surface area contributed by atoms with Crippen molar-refractivity contribution in [3.05, 3.63) is 75.9 Å². The first-order chi connectivity index (χ1) is 16.6. The highest BCUT2D eigenvalue weighted by Gasteiger charge is 2.27. The molecule has 0 bridgehead atoms. The maximum Gasteiger partial charge on any atom is 0.318 e. The van der Waals surface area contributed by atoms with Gasteiger partial charge in [-0.25, -0.2) is 4.79 Å². The van der Waals surface area contributed by atoms with Crippen LogP contribution in [0, 0.1) is 11.3 Å². The van der Waals surface area contributed by atoms with Crippen LogP contribution in [0.15, 0.2) is 48.8 Å². The first-order valence-corrected chi connectivity index (χ1v) is 11.8. The van der Waals surface area contributed by atoms with Crippen LogP contribution in [0.25, 0.3) is 0 Å². The number of fused-ring (bicyclic) bond motifs is 1. The third kappa shape index (κ3) is 5.53. The van der Waals surface area contributed by atoms with E-state index in [1.54, 1.807) is 24.4 Å². The van der Waals surface area contributed by atoms with Gasteiger partial charge >= 0.3 is 6.03 Å². The van der Waals surface area contributed by atoms with Crippen LogP contribution < -0.4 is 15.4 Å². The number of thiophene rings is 1. The van der Waals surface area contributed by atoms with Gasteiger partial charge in [-0.15, -0.1) is 11.3 Å². The first kappa shape index (κ1) is 23.3. The van der Waals surface area contributed by atoms with E-state index < -0.39 is 0 Å². The molecule has 1 aliphatic rings. The van der Waals surface area contributed by atoms with Gasteiger partial charge in [0.25, 0.3) is 0 Å². The number of aryl methyl sites for hydroxylation is 1. The molecule has 3 amide bonds. The molecule has 4 rings (SSSR count). The number of nitrogens with zero attached hydrogens (tertiary/aromatic N) is 3. The van der Waals surface area contributed by atoms with Crippen LogP contribution in [-0.2, 0) is 30.7 Å². The highest BCUT2D eigenvalue weighted by atomic mass is 32.1. The van der Waals surface area contributed by atoms with Crippen LogP contribution >= 0.6 is 11.3 Å². The summed E-state index contributed by atoms with van der Waals surface area (Å²) in [5.74, 6) is 0.606. The normalized spacial score (nSPS) is 12.4. The Balaban J connectivity index is 1.36. The maximum atomic E-state index is 12.6. The molecule has 3 heterocycles. The molecule has 9 heteroatoms. The van der Waals surface area contributed by atoms with E-state index in [2.05, 4.69) is 21.7 Å². The van der Waals surface area contributed by atoms with E-state index >= 15 is 0 Å². The van der Waals surface area contributed by atoms with Crippen molar-refractivity contribution in [2.45, 2.75) is 32.4 Å². The number of nitrogens with one attached hydrogen (secondary N) is 2. The quantitative estimate of drug-likeness (QED) is 0.540. The number of amides is 3. The highest BCUT2D eigenvalue weighted by Crippen LogP contribution is 2.36. The molecule has 8 nitrogen and oxygen atoms in total. The Morgan fingerprint density at radius 1 is 1.24 bits per heavy atom. The molecule has 1 aromatic carbocycles. The number of carbonyl (C=O) groups is 2. The first-order valence-electron chi connectivity index (χ1n) is 11.0. The number of ether oxygens (including phenoxy) is 1. The number of nitriles is 1. The molecule has 34 heavy (non-hydrogen) atoms. The Morgan fingerprint density at radius 2 is 2.06 bits per heavy atom. The van der Waals surface area contributed by atoms with Crippen molar-refractivity contribution in [2.75, 3.05) is 19.0 Å². The molecule has 0 saturated heterocycles. The molecule has 0 radical (unpaired) electrons. The lowest BCUT2D eigenvalue weighted by Gasteiger charge is -2.27. The average Bonchev–Trinajstić information content (AvgIpc) is 3.22. The maximum absolute atomic E-state index is 12.6. The second-order valence-corrected chi connectivity index (χ2v) is 9.01. The lowest BCUT2D eigenvalue weighted by atomic mass is 10.0. The predicted octanol–water partition coefficient (Wildman–Crippen LogP) is 3.86. The Kier molecular flexibility index (Phi) is 7.40. The summed E-state index contributed by atoms with van der Waals surface area (Å²) in [7, 11) is 1.61. The van der Waals surface area contributed by atoms with E-state index in [4.69, 9.17) is 4.74 Å². The van der Waals surface area contributed by atoms with Crippen LogP contribution in [0.5, 0.6) is 5.75 Å². The van der Waals surface area contributed by atoms with Gasteiger partial charge in [0.15, 0.2) is 0 Å². The number of rotatable bonds is 7. The Morgan fingerprint density at radius 3 is 2.82 bits per heavy atom. The molecule has 174 valence electrons. The lowest BCUT2D eigenvalue weighted by Crippen LogP contribution is -2.42. The van der Waals surface area contributed by atoms with E-state index in [-0.39, 0.29) is 11.9 Å². The predicted molar refractivity (Wildman–Crippen MR) is 130 cm³/mol. The molecule has 0 spiro atoms. The number of carbonyl (C=O) groups excluding carboxylic acids is 2. The third-order valence-electron chi connectivity index (χ3n) is 5.68. The average molecular weight is 476 g/mol. The molecule has 3 aromatic rings. The number of urea groups is 1. The number of anilines is 1. The second-order valence-electron chi connectivity index (χ2n) is 7.91. The fourth-order valence-corrected chi connectivity index (χ4v) is 5.08. The summed E-state index contributed by atoms with van der Waals surface area (Å²) < 4.78 is 5.23. The molecule has 0 atom stereocenters. The van der Waals surface area contributed by atoms with Gasteiger partial charge in [0.1, 0.15) is 16.8 Å². The fraction of sp³-hybridized carbons (Fsp3) is 0.280. The topological polar surface area (TPSA) is 107 Å². The van der Waals surface area contributed by atoms with Gasteiger partial charge in [-0.2, -0.15) is 5.26 Å². The minimum absolute atomic E-state index is 0.148. The van der Waals surface area contributed by atoms with Gasteiger partial charge in [-0.3, -0.25) is 9.78 Å². The number of hydrogen-bond donors (Lipinski definition) is 2. The third-order valence-corrected chi connectivity index (χ3v) is 6.81. The van der Waals surface area contributed by atoms with Crippen molar-refractivity contribution in [1.29, 1.82) is 5.26 Å². The van der Waals surface area contributed by atoms with Gasteiger partial charge < -0.3 is 20.3 Å². The summed E-state index contributed by atoms with van der Waals surface area (Å²) in [5.41, 5.74) is 3.41. The second kappa shape index (κ2) is 10.8. The van der Waals surface area contributed by atoms with Crippen LogP contribution in [0.1, 0.15) is 33.6 Å². The summed E-state index contributed by atoms with van der Waals surface area (Å²) in [6.45, 7) is 1.35. The van der Waals surface area contributed by atoms with Crippen molar-refractivity contribution in [2.24, 2.45) is 0 Å². The number of pyridine rings is 1. The van der Waals surface area contributed by atoms with Crippen molar-refractivity contribution in [3.63, 3.8) is 0 Å². The minimum atomic E-state index is -0.154. The Labute approximate surface area is 202 Å². The smallest absolute Gasteiger partial charge is 0.318 e. The summed E-state index contributed by atoms with van der Waals surface area (Å²) in [6.07, 6.45) is 4.83. The van der Waals surface area contributed by atoms with E-state index in [1.807, 2.05) is 36.4 Å². The molecule has 2 aromatic heterocycles. The van der Waals surface area contributed by atoms with Crippen LogP contribution in [-0.4, -0.2) is 35.5 Å². The van der Waals surface area contributed by atoms with Crippen LogP contribution in [0.3, 0.4) is 0 Å². The van der Waals surface area contributed by atoms with Crippen molar-refractivity contribution < 1.29 is 14.3 Å². The summed E-state index contributed by atoms with van der Waals surface area (Å²) in [5, 5.41) is 16.1. The Hall–Kier alpha value is -3.90. The number of hydrogen-bond acceptors (Lipinski definition) is 6. The SMILES string of the molecule is COc1cccc(CCC(=O)Nc2sc3c(c2C#N)CCN(C(=O)NCc2ccncc2)C3)c1. The molecule has 0 fully saturated rings. The molecule has 0 aliphatic carbocycles. The fourth-order valence-electron chi connectivity index (χ4n) is 3.85. The molecular formula is C25H25N5O3S. The molecule has 1 aliphatic heterocycles. The molecular weight excluding hydrogens is 450 g/mol. The Bertz CT molecular complexity index is 1220. The van der Waals surface area contributed by atoms with Crippen molar-refractivity contribution in [1.82, 2.24) is 15.2 Å². The van der Waals surface area contributed by atoms with Crippen LogP contribution in [0.2, 0.25) is 0 Å². The standard InChI is InChI=1S/C25H25N5O3S/c1-33-19-4-2-3-17(13-19)5-6-23(31)29-24-21(14-26)20-9-12-30(16-22(20)34-24)25(32)28-15-18-7-10-27-11-8-18/h2-4,7-8,10-11,13H,5-6,9,12,15-16H2,1H3,(H,28,32)(H,29,31). The highest BCUT2D eigenvalue weighted by molar-refractivity contribution is 7.16. The summed E-state index contributed by atoms with van der Waals surface area (Å²) >= 11 is 1.37. The van der Waals surface area contributed by atoms with E-state index in [0.29, 0.717) is 49.5 Å². The van der Waals surface area contributed by atoms with E-state index in [0.717, 1.165) is 27.3 Å². The lowest BCUT2D eigenvalue weighted by molar-refractivity contribution is -0.116. The summed E-state index contributed by atoms with van der Waals surface area (Å²) in [6, 6.07) is 13.4. The molecule has 0 unspecified atom stereocenters. The van der Waals surface area contributed by atoms with E-state index in [1.165, 1.54) is 11.3 Å². The number of benzene rings is 1. The van der Waals surface area contributed by atoms with Gasteiger partial charge in [-0.05, 0) is 53.8 Å².